The van der Waals surface area contributed by atoms with Gasteiger partial charge in [0, 0.05) is 10.4 Å². The number of hydrogen-bond donors (Lipinski definition) is 0. The van der Waals surface area contributed by atoms with Crippen molar-refractivity contribution in [2.24, 2.45) is 5.92 Å². The lowest BCUT2D eigenvalue weighted by molar-refractivity contribution is 0.104. The number of aryl methyl sites for hydroxylation is 1. The van der Waals surface area contributed by atoms with Crippen molar-refractivity contribution in [1.82, 2.24) is 0 Å². The van der Waals surface area contributed by atoms with Gasteiger partial charge < -0.3 is 0 Å². The zero-order valence-electron chi connectivity index (χ0n) is 11.1. The molecule has 0 spiro atoms. The van der Waals surface area contributed by atoms with E-state index in [0.29, 0.717) is 5.92 Å². The maximum atomic E-state index is 12.2. The summed E-state index contributed by atoms with van der Waals surface area (Å²) >= 11 is 1.56. The van der Waals surface area contributed by atoms with Crippen LogP contribution in [0.15, 0.2) is 36.4 Å². The predicted octanol–water partition coefficient (Wildman–Crippen LogP) is 4.49. The number of thiophene rings is 1. The molecule has 0 unspecified atom stereocenters. The molecule has 2 heteroatoms. The molecule has 1 aromatic carbocycles. The van der Waals surface area contributed by atoms with Crippen LogP contribution in [0.1, 0.15) is 39.5 Å². The van der Waals surface area contributed by atoms with Gasteiger partial charge in [0.15, 0.2) is 0 Å². The standard InChI is InChI=1S/C16H18OS/c1-11(2)10-13-5-7-14(8-6-13)16(17)15-9-4-12(3)18-15/h4-9,11H,10H2,1-3H3. The van der Waals surface area contributed by atoms with Gasteiger partial charge in [0.1, 0.15) is 0 Å². The van der Waals surface area contributed by atoms with Crippen LogP contribution >= 0.6 is 11.3 Å². The van der Waals surface area contributed by atoms with Crippen LogP contribution in [-0.4, -0.2) is 5.78 Å². The van der Waals surface area contributed by atoms with E-state index in [1.807, 2.05) is 31.2 Å². The van der Waals surface area contributed by atoms with Crippen LogP contribution in [0.25, 0.3) is 0 Å². The average molecular weight is 258 g/mol. The summed E-state index contributed by atoms with van der Waals surface area (Å²) in [5.74, 6) is 0.774. The Morgan fingerprint density at radius 3 is 2.28 bits per heavy atom. The lowest BCUT2D eigenvalue weighted by Crippen LogP contribution is -1.99. The molecule has 0 N–H and O–H groups in total. The third kappa shape index (κ3) is 3.08. The van der Waals surface area contributed by atoms with E-state index in [9.17, 15) is 4.79 Å². The molecule has 0 saturated heterocycles. The van der Waals surface area contributed by atoms with Crippen LogP contribution in [0.2, 0.25) is 0 Å². The first-order valence-corrected chi connectivity index (χ1v) is 7.08. The third-order valence-electron chi connectivity index (χ3n) is 2.82. The topological polar surface area (TPSA) is 17.1 Å². The van der Waals surface area contributed by atoms with E-state index in [1.165, 1.54) is 10.4 Å². The number of benzene rings is 1. The van der Waals surface area contributed by atoms with E-state index >= 15 is 0 Å². The highest BCUT2D eigenvalue weighted by Crippen LogP contribution is 2.20. The van der Waals surface area contributed by atoms with Gasteiger partial charge in [0.25, 0.3) is 0 Å². The van der Waals surface area contributed by atoms with Gasteiger partial charge in [-0.05, 0) is 37.0 Å². The molecule has 18 heavy (non-hydrogen) atoms. The van der Waals surface area contributed by atoms with Crippen molar-refractivity contribution in [1.29, 1.82) is 0 Å². The fourth-order valence-electron chi connectivity index (χ4n) is 1.96. The molecule has 0 aliphatic heterocycles. The molecule has 0 aliphatic carbocycles. The van der Waals surface area contributed by atoms with Crippen molar-refractivity contribution < 1.29 is 4.79 Å². The van der Waals surface area contributed by atoms with Gasteiger partial charge in [0.05, 0.1) is 4.88 Å². The summed E-state index contributed by atoms with van der Waals surface area (Å²) in [5.41, 5.74) is 2.08. The molecule has 1 nitrogen and oxygen atoms in total. The second-order valence-electron chi connectivity index (χ2n) is 5.03. The molecular formula is C16H18OS. The Kier molecular flexibility index (Phi) is 3.97. The Hall–Kier alpha value is -1.41. The van der Waals surface area contributed by atoms with E-state index < -0.39 is 0 Å². The maximum Gasteiger partial charge on any atom is 0.202 e. The van der Waals surface area contributed by atoms with Crippen molar-refractivity contribution in [2.45, 2.75) is 27.2 Å². The summed E-state index contributed by atoms with van der Waals surface area (Å²) in [6, 6.07) is 11.9. The molecular weight excluding hydrogens is 240 g/mol. The van der Waals surface area contributed by atoms with Crippen molar-refractivity contribution in [3.8, 4) is 0 Å². The number of ketones is 1. The molecule has 1 heterocycles. The fourth-order valence-corrected chi connectivity index (χ4v) is 2.79. The average Bonchev–Trinajstić information content (AvgIpc) is 2.75. The van der Waals surface area contributed by atoms with E-state index in [0.717, 1.165) is 16.9 Å². The third-order valence-corrected chi connectivity index (χ3v) is 3.82. The molecule has 0 radical (unpaired) electrons. The second-order valence-corrected chi connectivity index (χ2v) is 6.32. The van der Waals surface area contributed by atoms with Gasteiger partial charge in [-0.3, -0.25) is 4.79 Å². The van der Waals surface area contributed by atoms with E-state index in [4.69, 9.17) is 0 Å². The van der Waals surface area contributed by atoms with Crippen molar-refractivity contribution in [3.63, 3.8) is 0 Å². The molecule has 0 amide bonds. The number of carbonyl (C=O) groups excluding carboxylic acids is 1. The largest absolute Gasteiger partial charge is 0.288 e. The van der Waals surface area contributed by atoms with Gasteiger partial charge in [-0.1, -0.05) is 38.1 Å². The highest BCUT2D eigenvalue weighted by atomic mass is 32.1. The molecule has 0 atom stereocenters. The van der Waals surface area contributed by atoms with Crippen molar-refractivity contribution >= 4 is 17.1 Å². The first kappa shape index (κ1) is 13.0. The summed E-state index contributed by atoms with van der Waals surface area (Å²) in [4.78, 5) is 14.2. The Morgan fingerprint density at radius 2 is 1.78 bits per heavy atom. The molecule has 2 rings (SSSR count). The zero-order chi connectivity index (χ0) is 13.1. The summed E-state index contributed by atoms with van der Waals surface area (Å²) in [5, 5.41) is 0. The van der Waals surface area contributed by atoms with Gasteiger partial charge >= 0.3 is 0 Å². The van der Waals surface area contributed by atoms with Crippen LogP contribution in [0.4, 0.5) is 0 Å². The predicted molar refractivity (Wildman–Crippen MR) is 77.5 cm³/mol. The van der Waals surface area contributed by atoms with E-state index in [1.54, 1.807) is 11.3 Å². The van der Waals surface area contributed by atoms with Gasteiger partial charge in [0.2, 0.25) is 5.78 Å². The van der Waals surface area contributed by atoms with Gasteiger partial charge in [-0.2, -0.15) is 0 Å². The van der Waals surface area contributed by atoms with Crippen LogP contribution in [-0.2, 0) is 6.42 Å². The Bertz CT molecular complexity index is 534. The van der Waals surface area contributed by atoms with Crippen LogP contribution < -0.4 is 0 Å². The quantitative estimate of drug-likeness (QED) is 0.739. The second kappa shape index (κ2) is 5.49. The molecule has 2 aromatic rings. The smallest absolute Gasteiger partial charge is 0.202 e. The van der Waals surface area contributed by atoms with Crippen LogP contribution in [0.3, 0.4) is 0 Å². The fraction of sp³-hybridized carbons (Fsp3) is 0.312. The monoisotopic (exact) mass is 258 g/mol. The number of hydrogen-bond acceptors (Lipinski definition) is 2. The first-order chi connectivity index (χ1) is 8.56. The molecule has 0 fully saturated rings. The summed E-state index contributed by atoms with van der Waals surface area (Å²) in [7, 11) is 0. The summed E-state index contributed by atoms with van der Waals surface area (Å²) in [6.45, 7) is 6.42. The Morgan fingerprint density at radius 1 is 1.11 bits per heavy atom. The van der Waals surface area contributed by atoms with Crippen molar-refractivity contribution in [3.05, 3.63) is 57.3 Å². The molecule has 1 aromatic heterocycles. The molecule has 0 bridgehead atoms. The van der Waals surface area contributed by atoms with Gasteiger partial charge in [-0.15, -0.1) is 11.3 Å². The molecule has 94 valence electrons. The lowest BCUT2D eigenvalue weighted by atomic mass is 10.0. The highest BCUT2D eigenvalue weighted by Gasteiger charge is 2.10. The lowest BCUT2D eigenvalue weighted by Gasteiger charge is -2.05. The maximum absolute atomic E-state index is 12.2. The highest BCUT2D eigenvalue weighted by molar-refractivity contribution is 7.14. The number of carbonyl (C=O) groups is 1. The van der Waals surface area contributed by atoms with E-state index in [2.05, 4.69) is 26.0 Å². The summed E-state index contributed by atoms with van der Waals surface area (Å²) in [6.07, 6.45) is 1.06. The van der Waals surface area contributed by atoms with E-state index in [-0.39, 0.29) is 5.78 Å². The zero-order valence-corrected chi connectivity index (χ0v) is 11.9. The normalized spacial score (nSPS) is 10.9. The van der Waals surface area contributed by atoms with Crippen LogP contribution in [0.5, 0.6) is 0 Å². The Balaban J connectivity index is 2.17. The minimum Gasteiger partial charge on any atom is -0.288 e. The molecule has 0 aliphatic rings. The molecule has 0 saturated carbocycles. The summed E-state index contributed by atoms with van der Waals surface area (Å²) < 4.78 is 0. The SMILES string of the molecule is Cc1ccc(C(=O)c2ccc(CC(C)C)cc2)s1. The first-order valence-electron chi connectivity index (χ1n) is 6.26. The minimum atomic E-state index is 0.129. The van der Waals surface area contributed by atoms with Crippen molar-refractivity contribution in [2.75, 3.05) is 0 Å². The van der Waals surface area contributed by atoms with Gasteiger partial charge in [-0.25, -0.2) is 0 Å². The minimum absolute atomic E-state index is 0.129. The number of rotatable bonds is 4. The Labute approximate surface area is 112 Å². The van der Waals surface area contributed by atoms with Crippen LogP contribution in [0, 0.1) is 12.8 Å².